The Kier molecular flexibility index (Phi) is 2.75. The van der Waals surface area contributed by atoms with Crippen molar-refractivity contribution in [1.82, 2.24) is 9.55 Å². The molecule has 2 atom stereocenters. The first-order valence-electron chi connectivity index (χ1n) is 5.34. The Bertz CT molecular complexity index is 359. The fourth-order valence-electron chi connectivity index (χ4n) is 2.16. The van der Waals surface area contributed by atoms with Gasteiger partial charge in [-0.05, 0) is 12.8 Å². The number of hydrogen-bond donors (Lipinski definition) is 0. The summed E-state index contributed by atoms with van der Waals surface area (Å²) in [7, 11) is 1.97. The molecule has 4 heteroatoms. The van der Waals surface area contributed by atoms with Gasteiger partial charge in [-0.3, -0.25) is 4.79 Å². The van der Waals surface area contributed by atoms with Gasteiger partial charge in [0, 0.05) is 24.9 Å². The van der Waals surface area contributed by atoms with Crippen LogP contribution in [-0.4, -0.2) is 22.1 Å². The van der Waals surface area contributed by atoms with E-state index in [1.807, 2.05) is 24.7 Å². The topological polar surface area (TPSA) is 44.1 Å². The molecule has 0 saturated carbocycles. The number of nitrogens with zero attached hydrogens (tertiary/aromatic N) is 2. The van der Waals surface area contributed by atoms with Gasteiger partial charge >= 0.3 is 5.97 Å². The Labute approximate surface area is 89.3 Å². The van der Waals surface area contributed by atoms with Crippen LogP contribution in [0.3, 0.4) is 0 Å². The third-order valence-corrected chi connectivity index (χ3v) is 3.14. The number of ether oxygens (including phenoxy) is 1. The number of esters is 1. The quantitative estimate of drug-likeness (QED) is 0.700. The maximum atomic E-state index is 11.4. The monoisotopic (exact) mass is 208 g/mol. The van der Waals surface area contributed by atoms with Crippen LogP contribution in [0, 0.1) is 11.8 Å². The van der Waals surface area contributed by atoms with Crippen molar-refractivity contribution < 1.29 is 9.53 Å². The number of aromatic nitrogens is 2. The van der Waals surface area contributed by atoms with E-state index < -0.39 is 0 Å². The molecule has 4 nitrogen and oxygen atoms in total. The molecule has 1 aromatic heterocycles. The zero-order valence-corrected chi connectivity index (χ0v) is 9.14. The molecule has 15 heavy (non-hydrogen) atoms. The predicted octanol–water partition coefficient (Wildman–Crippen LogP) is 1.16. The second-order valence-corrected chi connectivity index (χ2v) is 4.10. The summed E-state index contributed by atoms with van der Waals surface area (Å²) in [4.78, 5) is 15.5. The fourth-order valence-corrected chi connectivity index (χ4v) is 2.16. The standard InChI is InChI=1S/C11H16N2O2/c1-3-10-8(6-15-11(10)14)4-9-5-12-7-13(9)2/h5,7-8,10H,3-4,6H2,1-2H3/t8-,10?/m1/s1. The molecule has 0 spiro atoms. The van der Waals surface area contributed by atoms with Crippen molar-refractivity contribution in [3.63, 3.8) is 0 Å². The number of hydrogen-bond acceptors (Lipinski definition) is 3. The summed E-state index contributed by atoms with van der Waals surface area (Å²) in [6, 6.07) is 0. The first kappa shape index (κ1) is 10.2. The molecule has 0 aliphatic carbocycles. The molecule has 1 aliphatic rings. The molecule has 1 fully saturated rings. The molecule has 1 aliphatic heterocycles. The van der Waals surface area contributed by atoms with E-state index in [0.717, 1.165) is 18.5 Å². The van der Waals surface area contributed by atoms with Crippen molar-refractivity contribution in [2.75, 3.05) is 6.61 Å². The maximum Gasteiger partial charge on any atom is 0.309 e. The zero-order valence-electron chi connectivity index (χ0n) is 9.14. The van der Waals surface area contributed by atoms with Crippen molar-refractivity contribution in [2.45, 2.75) is 19.8 Å². The largest absolute Gasteiger partial charge is 0.465 e. The first-order valence-corrected chi connectivity index (χ1v) is 5.34. The van der Waals surface area contributed by atoms with Gasteiger partial charge in [0.1, 0.15) is 0 Å². The smallest absolute Gasteiger partial charge is 0.309 e. The summed E-state index contributed by atoms with van der Waals surface area (Å²) < 4.78 is 7.08. The average molecular weight is 208 g/mol. The van der Waals surface area contributed by atoms with E-state index in [9.17, 15) is 4.79 Å². The number of imidazole rings is 1. The Hall–Kier alpha value is -1.32. The number of rotatable bonds is 3. The van der Waals surface area contributed by atoms with Crippen molar-refractivity contribution in [3.8, 4) is 0 Å². The van der Waals surface area contributed by atoms with Crippen LogP contribution in [0.5, 0.6) is 0 Å². The minimum Gasteiger partial charge on any atom is -0.465 e. The first-order chi connectivity index (χ1) is 7.22. The molecule has 0 amide bonds. The third-order valence-electron chi connectivity index (χ3n) is 3.14. The summed E-state index contributed by atoms with van der Waals surface area (Å²) in [6.07, 6.45) is 5.38. The van der Waals surface area contributed by atoms with Crippen LogP contribution in [0.2, 0.25) is 0 Å². The predicted molar refractivity (Wildman–Crippen MR) is 55.1 cm³/mol. The van der Waals surface area contributed by atoms with Gasteiger partial charge in [0.25, 0.3) is 0 Å². The number of cyclic esters (lactones) is 1. The second kappa shape index (κ2) is 4.04. The highest BCUT2D eigenvalue weighted by Crippen LogP contribution is 2.27. The van der Waals surface area contributed by atoms with Crippen LogP contribution >= 0.6 is 0 Å². The SMILES string of the molecule is CCC1C(=O)OC[C@H]1Cc1cncn1C. The van der Waals surface area contributed by atoms with E-state index in [4.69, 9.17) is 4.74 Å². The minimum atomic E-state index is -0.0373. The van der Waals surface area contributed by atoms with Gasteiger partial charge < -0.3 is 9.30 Å². The molecule has 82 valence electrons. The van der Waals surface area contributed by atoms with Gasteiger partial charge in [0.15, 0.2) is 0 Å². The Morgan fingerprint density at radius 1 is 1.67 bits per heavy atom. The molecule has 1 aromatic rings. The summed E-state index contributed by atoms with van der Waals surface area (Å²) >= 11 is 0. The van der Waals surface area contributed by atoms with Crippen molar-refractivity contribution in [1.29, 1.82) is 0 Å². The van der Waals surface area contributed by atoms with Crippen molar-refractivity contribution in [3.05, 3.63) is 18.2 Å². The lowest BCUT2D eigenvalue weighted by molar-refractivity contribution is -0.141. The van der Waals surface area contributed by atoms with Crippen molar-refractivity contribution in [2.24, 2.45) is 18.9 Å². The van der Waals surface area contributed by atoms with Crippen LogP contribution in [0.4, 0.5) is 0 Å². The van der Waals surface area contributed by atoms with E-state index in [-0.39, 0.29) is 11.9 Å². The fraction of sp³-hybridized carbons (Fsp3) is 0.636. The van der Waals surface area contributed by atoms with Gasteiger partial charge in [-0.1, -0.05) is 6.92 Å². The van der Waals surface area contributed by atoms with Crippen LogP contribution in [0.25, 0.3) is 0 Å². The average Bonchev–Trinajstić information content (AvgIpc) is 2.76. The highest BCUT2D eigenvalue weighted by molar-refractivity contribution is 5.74. The number of carbonyl (C=O) groups is 1. The third kappa shape index (κ3) is 1.89. The van der Waals surface area contributed by atoms with Gasteiger partial charge in [0.2, 0.25) is 0 Å². The highest BCUT2D eigenvalue weighted by Gasteiger charge is 2.35. The second-order valence-electron chi connectivity index (χ2n) is 4.10. The summed E-state index contributed by atoms with van der Waals surface area (Å²) in [5, 5.41) is 0. The molecule has 1 unspecified atom stereocenters. The molecule has 0 bridgehead atoms. The van der Waals surface area contributed by atoms with Crippen LogP contribution in [0.15, 0.2) is 12.5 Å². The maximum absolute atomic E-state index is 11.4. The zero-order chi connectivity index (χ0) is 10.8. The van der Waals surface area contributed by atoms with Crippen LogP contribution < -0.4 is 0 Å². The molecular weight excluding hydrogens is 192 g/mol. The minimum absolute atomic E-state index is 0.0373. The Morgan fingerprint density at radius 3 is 3.07 bits per heavy atom. The van der Waals surface area contributed by atoms with Crippen molar-refractivity contribution >= 4 is 5.97 Å². The Morgan fingerprint density at radius 2 is 2.47 bits per heavy atom. The van der Waals surface area contributed by atoms with E-state index in [0.29, 0.717) is 12.5 Å². The van der Waals surface area contributed by atoms with E-state index in [1.54, 1.807) is 6.33 Å². The van der Waals surface area contributed by atoms with Gasteiger partial charge in [0.05, 0.1) is 18.9 Å². The van der Waals surface area contributed by atoms with Crippen LogP contribution in [0.1, 0.15) is 19.0 Å². The molecule has 0 N–H and O–H groups in total. The Balaban J connectivity index is 2.06. The summed E-state index contributed by atoms with van der Waals surface area (Å²) in [5.41, 5.74) is 1.16. The lowest BCUT2D eigenvalue weighted by Gasteiger charge is -2.12. The molecule has 2 rings (SSSR count). The van der Waals surface area contributed by atoms with E-state index >= 15 is 0 Å². The number of carbonyl (C=O) groups excluding carboxylic acids is 1. The summed E-state index contributed by atoms with van der Waals surface area (Å²) in [6.45, 7) is 2.59. The molecule has 0 radical (unpaired) electrons. The van der Waals surface area contributed by atoms with Crippen LogP contribution in [-0.2, 0) is 23.0 Å². The van der Waals surface area contributed by atoms with Gasteiger partial charge in [-0.2, -0.15) is 0 Å². The molecule has 1 saturated heterocycles. The molecular formula is C11H16N2O2. The molecule has 0 aromatic carbocycles. The normalized spacial score (nSPS) is 25.6. The van der Waals surface area contributed by atoms with Gasteiger partial charge in [-0.25, -0.2) is 4.98 Å². The highest BCUT2D eigenvalue weighted by atomic mass is 16.5. The van der Waals surface area contributed by atoms with E-state index in [2.05, 4.69) is 4.98 Å². The molecule has 2 heterocycles. The summed E-state index contributed by atoms with van der Waals surface area (Å²) in [5.74, 6) is 0.350. The van der Waals surface area contributed by atoms with E-state index in [1.165, 1.54) is 0 Å². The lowest BCUT2D eigenvalue weighted by atomic mass is 9.89. The lowest BCUT2D eigenvalue weighted by Crippen LogP contribution is -2.18. The number of aryl methyl sites for hydroxylation is 1. The van der Waals surface area contributed by atoms with Gasteiger partial charge in [-0.15, -0.1) is 0 Å².